The van der Waals surface area contributed by atoms with Crippen molar-refractivity contribution >= 4 is 6.09 Å². The van der Waals surface area contributed by atoms with E-state index < -0.39 is 6.09 Å². The van der Waals surface area contributed by atoms with Crippen molar-refractivity contribution in [2.45, 2.75) is 44.3 Å². The first kappa shape index (κ1) is 14.7. The Labute approximate surface area is 119 Å². The summed E-state index contributed by atoms with van der Waals surface area (Å²) < 4.78 is 5.21. The van der Waals surface area contributed by atoms with E-state index in [0.29, 0.717) is 6.04 Å². The van der Waals surface area contributed by atoms with Gasteiger partial charge in [0, 0.05) is 18.6 Å². The summed E-state index contributed by atoms with van der Waals surface area (Å²) in [5.41, 5.74) is 1.20. The van der Waals surface area contributed by atoms with Crippen LogP contribution in [0.2, 0.25) is 0 Å². The average molecular weight is 278 g/mol. The van der Waals surface area contributed by atoms with Crippen LogP contribution < -0.4 is 15.4 Å². The number of hydrogen-bond acceptors (Lipinski definition) is 3. The molecule has 1 aliphatic carbocycles. The van der Waals surface area contributed by atoms with Crippen molar-refractivity contribution in [1.82, 2.24) is 10.6 Å². The largest absolute Gasteiger partial charge is 0.497 e. The molecule has 2 rings (SSSR count). The lowest BCUT2D eigenvalue weighted by Crippen LogP contribution is -2.41. The van der Waals surface area contributed by atoms with E-state index in [1.807, 2.05) is 18.2 Å². The molecule has 1 aromatic carbocycles. The van der Waals surface area contributed by atoms with Crippen molar-refractivity contribution in [3.63, 3.8) is 0 Å². The van der Waals surface area contributed by atoms with Gasteiger partial charge < -0.3 is 20.5 Å². The lowest BCUT2D eigenvalue weighted by molar-refractivity contribution is 0.183. The molecule has 0 aromatic heterocycles. The fraction of sp³-hybridized carbons (Fsp3) is 0.533. The molecule has 0 aliphatic heterocycles. The van der Waals surface area contributed by atoms with Crippen LogP contribution in [0.5, 0.6) is 5.75 Å². The number of carboxylic acid groups (broad SMARTS) is 1. The second-order valence-electron chi connectivity index (χ2n) is 5.23. The van der Waals surface area contributed by atoms with E-state index in [0.717, 1.165) is 38.0 Å². The van der Waals surface area contributed by atoms with Gasteiger partial charge in [-0.15, -0.1) is 0 Å². The summed E-state index contributed by atoms with van der Waals surface area (Å²) in [5, 5.41) is 14.8. The van der Waals surface area contributed by atoms with Crippen LogP contribution in [0.4, 0.5) is 4.79 Å². The zero-order valence-corrected chi connectivity index (χ0v) is 11.8. The van der Waals surface area contributed by atoms with Crippen LogP contribution in [-0.4, -0.2) is 30.4 Å². The first-order valence-corrected chi connectivity index (χ1v) is 7.03. The summed E-state index contributed by atoms with van der Waals surface area (Å²) in [4.78, 5) is 10.6. The highest BCUT2D eigenvalue weighted by molar-refractivity contribution is 5.64. The van der Waals surface area contributed by atoms with E-state index in [1.54, 1.807) is 7.11 Å². The van der Waals surface area contributed by atoms with Crippen LogP contribution in [0.15, 0.2) is 24.3 Å². The van der Waals surface area contributed by atoms with Crippen LogP contribution in [0.1, 0.15) is 31.2 Å². The Hall–Kier alpha value is -1.75. The van der Waals surface area contributed by atoms with Gasteiger partial charge in [-0.05, 0) is 43.4 Å². The number of carbonyl (C=O) groups is 1. The van der Waals surface area contributed by atoms with E-state index >= 15 is 0 Å². The molecule has 0 bridgehead atoms. The minimum absolute atomic E-state index is 0.113. The Balaban J connectivity index is 1.74. The predicted octanol–water partition coefficient (Wildman–Crippen LogP) is 2.36. The lowest BCUT2D eigenvalue weighted by Gasteiger charge is -2.29. The van der Waals surface area contributed by atoms with Crippen molar-refractivity contribution in [3.8, 4) is 5.75 Å². The second kappa shape index (κ2) is 7.14. The van der Waals surface area contributed by atoms with Crippen LogP contribution in [0.3, 0.4) is 0 Å². The molecule has 20 heavy (non-hydrogen) atoms. The van der Waals surface area contributed by atoms with Gasteiger partial charge in [-0.1, -0.05) is 12.1 Å². The van der Waals surface area contributed by atoms with E-state index in [9.17, 15) is 4.79 Å². The summed E-state index contributed by atoms with van der Waals surface area (Å²) in [6.45, 7) is 0.818. The molecule has 0 atom stereocenters. The SMILES string of the molecule is COc1cccc(CNC2CCC(NC(=O)O)CC2)c1. The van der Waals surface area contributed by atoms with Crippen LogP contribution in [-0.2, 0) is 6.54 Å². The summed E-state index contributed by atoms with van der Waals surface area (Å²) in [5.74, 6) is 0.874. The Morgan fingerprint density at radius 2 is 2.00 bits per heavy atom. The normalized spacial score (nSPS) is 22.2. The Morgan fingerprint density at radius 3 is 2.65 bits per heavy atom. The van der Waals surface area contributed by atoms with Crippen LogP contribution >= 0.6 is 0 Å². The van der Waals surface area contributed by atoms with Gasteiger partial charge in [0.25, 0.3) is 0 Å². The van der Waals surface area contributed by atoms with E-state index in [2.05, 4.69) is 16.7 Å². The molecule has 5 heteroatoms. The minimum Gasteiger partial charge on any atom is -0.497 e. The number of rotatable bonds is 5. The zero-order chi connectivity index (χ0) is 14.4. The molecule has 0 spiro atoms. The first-order valence-electron chi connectivity index (χ1n) is 7.03. The van der Waals surface area contributed by atoms with E-state index in [4.69, 9.17) is 9.84 Å². The van der Waals surface area contributed by atoms with Gasteiger partial charge in [-0.3, -0.25) is 0 Å². The van der Waals surface area contributed by atoms with Gasteiger partial charge in [-0.25, -0.2) is 4.79 Å². The lowest BCUT2D eigenvalue weighted by atomic mass is 9.91. The quantitative estimate of drug-likeness (QED) is 0.773. The molecule has 1 saturated carbocycles. The fourth-order valence-electron chi connectivity index (χ4n) is 2.66. The van der Waals surface area contributed by atoms with Gasteiger partial charge >= 0.3 is 6.09 Å². The molecule has 1 amide bonds. The maximum atomic E-state index is 10.6. The molecule has 0 unspecified atom stereocenters. The van der Waals surface area contributed by atoms with Gasteiger partial charge in [0.1, 0.15) is 5.75 Å². The number of amides is 1. The maximum absolute atomic E-state index is 10.6. The highest BCUT2D eigenvalue weighted by atomic mass is 16.5. The summed E-state index contributed by atoms with van der Waals surface area (Å²) in [6, 6.07) is 8.61. The molecular weight excluding hydrogens is 256 g/mol. The molecule has 0 radical (unpaired) electrons. The maximum Gasteiger partial charge on any atom is 0.404 e. The van der Waals surface area contributed by atoms with Crippen molar-refractivity contribution in [2.75, 3.05) is 7.11 Å². The van der Waals surface area contributed by atoms with E-state index in [1.165, 1.54) is 5.56 Å². The fourth-order valence-corrected chi connectivity index (χ4v) is 2.66. The van der Waals surface area contributed by atoms with E-state index in [-0.39, 0.29) is 6.04 Å². The number of methoxy groups -OCH3 is 1. The minimum atomic E-state index is -0.919. The Morgan fingerprint density at radius 1 is 1.30 bits per heavy atom. The summed E-state index contributed by atoms with van der Waals surface area (Å²) in [6.07, 6.45) is 2.91. The first-order chi connectivity index (χ1) is 9.67. The zero-order valence-electron chi connectivity index (χ0n) is 11.8. The number of hydrogen-bond donors (Lipinski definition) is 3. The average Bonchev–Trinajstić information content (AvgIpc) is 2.46. The van der Waals surface area contributed by atoms with Gasteiger partial charge in [0.05, 0.1) is 7.11 Å². The third-order valence-electron chi connectivity index (χ3n) is 3.78. The van der Waals surface area contributed by atoms with Crippen molar-refractivity contribution < 1.29 is 14.6 Å². The molecule has 110 valence electrons. The number of ether oxygens (including phenoxy) is 1. The van der Waals surface area contributed by atoms with Crippen LogP contribution in [0.25, 0.3) is 0 Å². The molecule has 1 aliphatic rings. The molecule has 0 saturated heterocycles. The van der Waals surface area contributed by atoms with Crippen molar-refractivity contribution in [3.05, 3.63) is 29.8 Å². The third kappa shape index (κ3) is 4.42. The molecule has 3 N–H and O–H groups in total. The molecule has 5 nitrogen and oxygen atoms in total. The summed E-state index contributed by atoms with van der Waals surface area (Å²) in [7, 11) is 1.67. The highest BCUT2D eigenvalue weighted by Crippen LogP contribution is 2.19. The standard InChI is InChI=1S/C15H22N2O3/c1-20-14-4-2-3-11(9-14)10-16-12-5-7-13(8-6-12)17-15(18)19/h2-4,9,12-13,16-17H,5-8,10H2,1H3,(H,18,19). The van der Waals surface area contributed by atoms with Crippen LogP contribution in [0, 0.1) is 0 Å². The number of nitrogens with one attached hydrogen (secondary N) is 2. The Bertz CT molecular complexity index is 442. The smallest absolute Gasteiger partial charge is 0.404 e. The van der Waals surface area contributed by atoms with Crippen molar-refractivity contribution in [2.24, 2.45) is 0 Å². The van der Waals surface area contributed by atoms with Crippen molar-refractivity contribution in [1.29, 1.82) is 0 Å². The monoisotopic (exact) mass is 278 g/mol. The van der Waals surface area contributed by atoms with Gasteiger partial charge in [0.2, 0.25) is 0 Å². The van der Waals surface area contributed by atoms with Gasteiger partial charge in [-0.2, -0.15) is 0 Å². The highest BCUT2D eigenvalue weighted by Gasteiger charge is 2.21. The number of benzene rings is 1. The Kier molecular flexibility index (Phi) is 5.24. The molecule has 1 fully saturated rings. The predicted molar refractivity (Wildman–Crippen MR) is 77.0 cm³/mol. The topological polar surface area (TPSA) is 70.6 Å². The second-order valence-corrected chi connectivity index (χ2v) is 5.23. The molecule has 0 heterocycles. The molecular formula is C15H22N2O3. The third-order valence-corrected chi connectivity index (χ3v) is 3.78. The molecule has 1 aromatic rings. The summed E-state index contributed by atoms with van der Waals surface area (Å²) >= 11 is 0. The van der Waals surface area contributed by atoms with Gasteiger partial charge in [0.15, 0.2) is 0 Å².